The first kappa shape index (κ1) is 13.4. The Morgan fingerprint density at radius 1 is 1.00 bits per heavy atom. The van der Waals surface area contributed by atoms with E-state index in [0.717, 1.165) is 11.1 Å². The summed E-state index contributed by atoms with van der Waals surface area (Å²) in [5, 5.41) is 0. The molecule has 4 nitrogen and oxygen atoms in total. The lowest BCUT2D eigenvalue weighted by Gasteiger charge is -2.11. The standard InChI is InChI=1S/C14H16N2O2S/c1-10-5-3-4-6-14(10)16-19(17,18)12-7-8-13(15)11(2)9-12/h3-9,16H,15H2,1-2H3. The van der Waals surface area contributed by atoms with Gasteiger partial charge in [-0.05, 0) is 49.2 Å². The third-order valence-corrected chi connectivity index (χ3v) is 4.30. The van der Waals surface area contributed by atoms with Crippen LogP contribution >= 0.6 is 0 Å². The molecule has 19 heavy (non-hydrogen) atoms. The second kappa shape index (κ2) is 4.93. The summed E-state index contributed by atoms with van der Waals surface area (Å²) in [6.45, 7) is 3.63. The summed E-state index contributed by atoms with van der Waals surface area (Å²) < 4.78 is 27.1. The number of benzene rings is 2. The Hall–Kier alpha value is -2.01. The van der Waals surface area contributed by atoms with Crippen molar-refractivity contribution in [2.24, 2.45) is 0 Å². The summed E-state index contributed by atoms with van der Waals surface area (Å²) in [6.07, 6.45) is 0. The van der Waals surface area contributed by atoms with E-state index >= 15 is 0 Å². The molecule has 5 heteroatoms. The first-order valence-electron chi connectivity index (χ1n) is 5.85. The van der Waals surface area contributed by atoms with Crippen molar-refractivity contribution in [2.45, 2.75) is 18.7 Å². The fourth-order valence-electron chi connectivity index (χ4n) is 1.71. The average Bonchev–Trinajstić information content (AvgIpc) is 2.35. The number of nitrogens with one attached hydrogen (secondary N) is 1. The van der Waals surface area contributed by atoms with E-state index in [9.17, 15) is 8.42 Å². The number of aryl methyl sites for hydroxylation is 2. The lowest BCUT2D eigenvalue weighted by molar-refractivity contribution is 0.601. The predicted octanol–water partition coefficient (Wildman–Crippen LogP) is 2.69. The predicted molar refractivity (Wildman–Crippen MR) is 77.6 cm³/mol. The van der Waals surface area contributed by atoms with E-state index in [0.29, 0.717) is 11.4 Å². The Morgan fingerprint density at radius 3 is 2.32 bits per heavy atom. The molecule has 0 aliphatic heterocycles. The smallest absolute Gasteiger partial charge is 0.261 e. The van der Waals surface area contributed by atoms with E-state index in [4.69, 9.17) is 5.73 Å². The monoisotopic (exact) mass is 276 g/mol. The van der Waals surface area contributed by atoms with Crippen molar-refractivity contribution in [3.05, 3.63) is 53.6 Å². The average molecular weight is 276 g/mol. The summed E-state index contributed by atoms with van der Waals surface area (Å²) in [7, 11) is -3.58. The molecule has 0 spiro atoms. The van der Waals surface area contributed by atoms with Gasteiger partial charge < -0.3 is 5.73 Å². The highest BCUT2D eigenvalue weighted by Gasteiger charge is 2.15. The number of anilines is 2. The molecule has 0 saturated carbocycles. The van der Waals surface area contributed by atoms with Crippen LogP contribution in [0.4, 0.5) is 11.4 Å². The van der Waals surface area contributed by atoms with Gasteiger partial charge in [-0.2, -0.15) is 0 Å². The summed E-state index contributed by atoms with van der Waals surface area (Å²) in [6, 6.07) is 11.9. The van der Waals surface area contributed by atoms with Crippen LogP contribution in [0.15, 0.2) is 47.4 Å². The molecule has 0 amide bonds. The van der Waals surface area contributed by atoms with Crippen LogP contribution in [0, 0.1) is 13.8 Å². The number of sulfonamides is 1. The highest BCUT2D eigenvalue weighted by atomic mass is 32.2. The van der Waals surface area contributed by atoms with Crippen molar-refractivity contribution in [3.63, 3.8) is 0 Å². The molecule has 3 N–H and O–H groups in total. The van der Waals surface area contributed by atoms with Crippen molar-refractivity contribution >= 4 is 21.4 Å². The third-order valence-electron chi connectivity index (χ3n) is 2.94. The molecule has 2 rings (SSSR count). The van der Waals surface area contributed by atoms with Crippen LogP contribution in [0.2, 0.25) is 0 Å². The van der Waals surface area contributed by atoms with Gasteiger partial charge in [0.2, 0.25) is 0 Å². The maximum Gasteiger partial charge on any atom is 0.261 e. The largest absolute Gasteiger partial charge is 0.399 e. The Labute approximate surface area is 113 Å². The maximum absolute atomic E-state index is 12.3. The zero-order valence-electron chi connectivity index (χ0n) is 10.8. The maximum atomic E-state index is 12.3. The summed E-state index contributed by atoms with van der Waals surface area (Å²) in [5.74, 6) is 0. The van der Waals surface area contributed by atoms with Crippen LogP contribution in [0.3, 0.4) is 0 Å². The summed E-state index contributed by atoms with van der Waals surface area (Å²) >= 11 is 0. The third kappa shape index (κ3) is 2.88. The molecule has 0 aromatic heterocycles. The van der Waals surface area contributed by atoms with Crippen molar-refractivity contribution < 1.29 is 8.42 Å². The first-order chi connectivity index (χ1) is 8.90. The second-order valence-electron chi connectivity index (χ2n) is 4.44. The molecule has 0 aliphatic rings. The van der Waals surface area contributed by atoms with Crippen LogP contribution in [0.1, 0.15) is 11.1 Å². The topological polar surface area (TPSA) is 72.2 Å². The van der Waals surface area contributed by atoms with Crippen molar-refractivity contribution in [1.82, 2.24) is 0 Å². The van der Waals surface area contributed by atoms with E-state index < -0.39 is 10.0 Å². The quantitative estimate of drug-likeness (QED) is 0.847. The molecule has 0 bridgehead atoms. The van der Waals surface area contributed by atoms with Crippen molar-refractivity contribution in [2.75, 3.05) is 10.5 Å². The fraction of sp³-hybridized carbons (Fsp3) is 0.143. The molecule has 100 valence electrons. The van der Waals surface area contributed by atoms with Crippen molar-refractivity contribution in [3.8, 4) is 0 Å². The molecule has 0 atom stereocenters. The van der Waals surface area contributed by atoms with Gasteiger partial charge in [-0.3, -0.25) is 4.72 Å². The Kier molecular flexibility index (Phi) is 3.48. The number of nitrogens with two attached hydrogens (primary N) is 1. The van der Waals surface area contributed by atoms with Crippen LogP contribution < -0.4 is 10.5 Å². The molecule has 0 heterocycles. The minimum atomic E-state index is -3.58. The molecule has 0 unspecified atom stereocenters. The number of rotatable bonds is 3. The van der Waals surface area contributed by atoms with E-state index in [1.807, 2.05) is 19.1 Å². The van der Waals surface area contributed by atoms with Crippen molar-refractivity contribution in [1.29, 1.82) is 0 Å². The van der Waals surface area contributed by atoms with Gasteiger partial charge in [0.25, 0.3) is 10.0 Å². The molecule has 0 saturated heterocycles. The Morgan fingerprint density at radius 2 is 1.68 bits per heavy atom. The molecule has 0 radical (unpaired) electrons. The molecule has 0 aliphatic carbocycles. The van der Waals surface area contributed by atoms with Crippen LogP contribution in [0.25, 0.3) is 0 Å². The molecule has 2 aromatic rings. The summed E-state index contributed by atoms with van der Waals surface area (Å²) in [5.41, 5.74) is 8.47. The number of para-hydroxylation sites is 1. The van der Waals surface area contributed by atoms with E-state index in [-0.39, 0.29) is 4.90 Å². The Balaban J connectivity index is 2.38. The molecular formula is C14H16N2O2S. The zero-order valence-corrected chi connectivity index (χ0v) is 11.7. The molecular weight excluding hydrogens is 260 g/mol. The van der Waals surface area contributed by atoms with E-state index in [1.165, 1.54) is 6.07 Å². The lowest BCUT2D eigenvalue weighted by Crippen LogP contribution is -2.14. The van der Waals surface area contributed by atoms with Gasteiger partial charge in [0, 0.05) is 5.69 Å². The SMILES string of the molecule is Cc1cc(S(=O)(=O)Nc2ccccc2C)ccc1N. The first-order valence-corrected chi connectivity index (χ1v) is 7.33. The molecule has 0 fully saturated rings. The van der Waals surface area contributed by atoms with Crippen LogP contribution in [-0.2, 0) is 10.0 Å². The minimum Gasteiger partial charge on any atom is -0.399 e. The fourth-order valence-corrected chi connectivity index (χ4v) is 2.92. The van der Waals surface area contributed by atoms with E-state index in [1.54, 1.807) is 31.2 Å². The van der Waals surface area contributed by atoms with Gasteiger partial charge >= 0.3 is 0 Å². The second-order valence-corrected chi connectivity index (χ2v) is 6.12. The van der Waals surface area contributed by atoms with Gasteiger partial charge in [0.1, 0.15) is 0 Å². The minimum absolute atomic E-state index is 0.211. The Bertz CT molecular complexity index is 709. The number of hydrogen-bond acceptors (Lipinski definition) is 3. The molecule has 2 aromatic carbocycles. The number of nitrogen functional groups attached to an aromatic ring is 1. The van der Waals surface area contributed by atoms with Gasteiger partial charge in [-0.1, -0.05) is 18.2 Å². The van der Waals surface area contributed by atoms with E-state index in [2.05, 4.69) is 4.72 Å². The zero-order chi connectivity index (χ0) is 14.0. The van der Waals surface area contributed by atoms with Gasteiger partial charge in [0.05, 0.1) is 10.6 Å². The number of hydrogen-bond donors (Lipinski definition) is 2. The highest BCUT2D eigenvalue weighted by Crippen LogP contribution is 2.21. The van der Waals surface area contributed by atoms with Gasteiger partial charge in [0.15, 0.2) is 0 Å². The van der Waals surface area contributed by atoms with Crippen LogP contribution in [-0.4, -0.2) is 8.42 Å². The van der Waals surface area contributed by atoms with Gasteiger partial charge in [-0.15, -0.1) is 0 Å². The summed E-state index contributed by atoms with van der Waals surface area (Å²) in [4.78, 5) is 0.211. The van der Waals surface area contributed by atoms with Gasteiger partial charge in [-0.25, -0.2) is 8.42 Å². The van der Waals surface area contributed by atoms with Crippen LogP contribution in [0.5, 0.6) is 0 Å². The highest BCUT2D eigenvalue weighted by molar-refractivity contribution is 7.92. The lowest BCUT2D eigenvalue weighted by atomic mass is 10.2. The normalized spacial score (nSPS) is 11.3.